The summed E-state index contributed by atoms with van der Waals surface area (Å²) in [5.41, 5.74) is 2.18. The molecule has 1 N–H and O–H groups in total. The number of aryl methyl sites for hydroxylation is 1. The Hall–Kier alpha value is -2.41. The average molecular weight is 369 g/mol. The third kappa shape index (κ3) is 3.56. The molecular weight excluding hydrogens is 342 g/mol. The van der Waals surface area contributed by atoms with E-state index in [1.165, 1.54) is 0 Å². The van der Waals surface area contributed by atoms with E-state index in [9.17, 15) is 9.59 Å². The van der Waals surface area contributed by atoms with Crippen LogP contribution < -0.4 is 5.32 Å². The molecule has 1 aromatic carbocycles. The number of benzene rings is 1. The van der Waals surface area contributed by atoms with Crippen molar-refractivity contribution < 1.29 is 9.59 Å². The quantitative estimate of drug-likeness (QED) is 0.861. The van der Waals surface area contributed by atoms with Crippen molar-refractivity contribution in [1.82, 2.24) is 24.7 Å². The molecule has 0 bridgehead atoms. The lowest BCUT2D eigenvalue weighted by atomic mass is 10.1. The fourth-order valence-electron chi connectivity index (χ4n) is 3.97. The van der Waals surface area contributed by atoms with Crippen molar-refractivity contribution in [2.75, 3.05) is 26.2 Å². The van der Waals surface area contributed by atoms with Crippen molar-refractivity contribution in [2.45, 2.75) is 39.4 Å². The maximum Gasteiger partial charge on any atom is 0.244 e. The fraction of sp³-hybridized carbons (Fsp3) is 0.550. The van der Waals surface area contributed by atoms with E-state index in [-0.39, 0.29) is 24.4 Å². The topological polar surface area (TPSA) is 70.5 Å². The molecule has 2 amide bonds. The molecule has 27 heavy (non-hydrogen) atoms. The summed E-state index contributed by atoms with van der Waals surface area (Å²) in [5, 5.41) is 2.70. The number of amides is 2. The van der Waals surface area contributed by atoms with Gasteiger partial charge in [-0.2, -0.15) is 0 Å². The SMILES string of the molecule is CC(C)CCn1c(CN2CCN3C(=O)CNC(=O)[C@H]3C2)nc2ccccc21. The van der Waals surface area contributed by atoms with Crippen LogP contribution in [-0.4, -0.2) is 63.4 Å². The maximum atomic E-state index is 12.2. The summed E-state index contributed by atoms with van der Waals surface area (Å²) in [7, 11) is 0. The Morgan fingerprint density at radius 2 is 2.04 bits per heavy atom. The van der Waals surface area contributed by atoms with Gasteiger partial charge in [-0.1, -0.05) is 26.0 Å². The molecule has 7 heteroatoms. The molecule has 1 aromatic heterocycles. The molecule has 1 atom stereocenters. The summed E-state index contributed by atoms with van der Waals surface area (Å²) in [4.78, 5) is 33.1. The molecule has 0 spiro atoms. The van der Waals surface area contributed by atoms with Crippen LogP contribution in [0.2, 0.25) is 0 Å². The van der Waals surface area contributed by atoms with E-state index in [4.69, 9.17) is 4.98 Å². The number of aromatic nitrogens is 2. The van der Waals surface area contributed by atoms with Crippen LogP contribution in [-0.2, 0) is 22.7 Å². The summed E-state index contributed by atoms with van der Waals surface area (Å²) in [6, 6.07) is 7.86. The maximum absolute atomic E-state index is 12.2. The Labute approximate surface area is 159 Å². The van der Waals surface area contributed by atoms with Crippen LogP contribution in [0.15, 0.2) is 24.3 Å². The first-order valence-corrected chi connectivity index (χ1v) is 9.76. The third-order valence-electron chi connectivity index (χ3n) is 5.53. The first kappa shape index (κ1) is 18.0. The highest BCUT2D eigenvalue weighted by molar-refractivity contribution is 5.95. The minimum atomic E-state index is -0.381. The van der Waals surface area contributed by atoms with E-state index in [1.54, 1.807) is 4.90 Å². The van der Waals surface area contributed by atoms with Gasteiger partial charge < -0.3 is 14.8 Å². The number of fused-ring (bicyclic) bond motifs is 2. The molecule has 0 radical (unpaired) electrons. The zero-order valence-corrected chi connectivity index (χ0v) is 16.0. The van der Waals surface area contributed by atoms with Crippen molar-refractivity contribution in [3.8, 4) is 0 Å². The first-order valence-electron chi connectivity index (χ1n) is 9.76. The second kappa shape index (κ2) is 7.31. The van der Waals surface area contributed by atoms with Crippen LogP contribution >= 0.6 is 0 Å². The standard InChI is InChI=1S/C20H27N5O2/c1-14(2)7-8-24-16-6-4-3-5-15(16)22-18(24)13-23-9-10-25-17(12-23)20(27)21-11-19(25)26/h3-6,14,17H,7-13H2,1-2H3,(H,21,27)/t17-/m1/s1. The van der Waals surface area contributed by atoms with Crippen LogP contribution in [0.1, 0.15) is 26.1 Å². The Kier molecular flexibility index (Phi) is 4.86. The Morgan fingerprint density at radius 3 is 2.85 bits per heavy atom. The van der Waals surface area contributed by atoms with Gasteiger partial charge >= 0.3 is 0 Å². The number of hydrogen-bond donors (Lipinski definition) is 1. The zero-order chi connectivity index (χ0) is 19.0. The van der Waals surface area contributed by atoms with Gasteiger partial charge in [0.1, 0.15) is 11.9 Å². The Morgan fingerprint density at radius 1 is 1.22 bits per heavy atom. The van der Waals surface area contributed by atoms with E-state index in [0.717, 1.165) is 36.4 Å². The van der Waals surface area contributed by atoms with Crippen LogP contribution in [0.4, 0.5) is 0 Å². The molecule has 0 saturated carbocycles. The predicted molar refractivity (Wildman–Crippen MR) is 103 cm³/mol. The van der Waals surface area contributed by atoms with E-state index < -0.39 is 0 Å². The van der Waals surface area contributed by atoms with Gasteiger partial charge in [-0.05, 0) is 24.5 Å². The van der Waals surface area contributed by atoms with Crippen molar-refractivity contribution in [3.05, 3.63) is 30.1 Å². The van der Waals surface area contributed by atoms with Gasteiger partial charge in [0, 0.05) is 26.2 Å². The minimum Gasteiger partial charge on any atom is -0.345 e. The number of rotatable bonds is 5. The van der Waals surface area contributed by atoms with E-state index in [0.29, 0.717) is 25.6 Å². The van der Waals surface area contributed by atoms with Gasteiger partial charge in [-0.15, -0.1) is 0 Å². The number of nitrogens with zero attached hydrogens (tertiary/aromatic N) is 4. The van der Waals surface area contributed by atoms with Gasteiger partial charge in [-0.3, -0.25) is 14.5 Å². The molecule has 4 rings (SSSR count). The Balaban J connectivity index is 1.55. The molecule has 0 unspecified atom stereocenters. The number of para-hydroxylation sites is 2. The number of hydrogen-bond acceptors (Lipinski definition) is 4. The number of carbonyl (C=O) groups excluding carboxylic acids is 2. The number of carbonyl (C=O) groups is 2. The normalized spacial score (nSPS) is 21.0. The Bertz CT molecular complexity index is 859. The lowest BCUT2D eigenvalue weighted by molar-refractivity contribution is -0.149. The van der Waals surface area contributed by atoms with Crippen molar-refractivity contribution >= 4 is 22.8 Å². The molecule has 2 aliphatic rings. The van der Waals surface area contributed by atoms with E-state index in [1.807, 2.05) is 6.07 Å². The van der Waals surface area contributed by atoms with Gasteiger partial charge in [0.05, 0.1) is 24.1 Å². The third-order valence-corrected chi connectivity index (χ3v) is 5.53. The first-order chi connectivity index (χ1) is 13.0. The molecule has 2 saturated heterocycles. The molecule has 144 valence electrons. The summed E-state index contributed by atoms with van der Waals surface area (Å²) >= 11 is 0. The van der Waals surface area contributed by atoms with E-state index >= 15 is 0 Å². The highest BCUT2D eigenvalue weighted by Crippen LogP contribution is 2.21. The van der Waals surface area contributed by atoms with Gasteiger partial charge in [0.15, 0.2) is 0 Å². The molecule has 7 nitrogen and oxygen atoms in total. The zero-order valence-electron chi connectivity index (χ0n) is 16.0. The largest absolute Gasteiger partial charge is 0.345 e. The van der Waals surface area contributed by atoms with Gasteiger partial charge in [0.2, 0.25) is 11.8 Å². The predicted octanol–water partition coefficient (Wildman–Crippen LogP) is 1.23. The minimum absolute atomic E-state index is 0.0171. The molecular formula is C20H27N5O2. The molecule has 2 aliphatic heterocycles. The summed E-state index contributed by atoms with van der Waals surface area (Å²) < 4.78 is 2.31. The van der Waals surface area contributed by atoms with Gasteiger partial charge in [0.25, 0.3) is 0 Å². The summed E-state index contributed by atoms with van der Waals surface area (Å²) in [6.07, 6.45) is 1.10. The van der Waals surface area contributed by atoms with Crippen LogP contribution in [0.25, 0.3) is 11.0 Å². The molecule has 3 heterocycles. The summed E-state index contributed by atoms with van der Waals surface area (Å²) in [6.45, 7) is 8.15. The van der Waals surface area contributed by atoms with Crippen LogP contribution in [0, 0.1) is 5.92 Å². The van der Waals surface area contributed by atoms with Crippen molar-refractivity contribution in [3.63, 3.8) is 0 Å². The van der Waals surface area contributed by atoms with Gasteiger partial charge in [-0.25, -0.2) is 4.98 Å². The highest BCUT2D eigenvalue weighted by Gasteiger charge is 2.38. The number of imidazole rings is 1. The lowest BCUT2D eigenvalue weighted by Crippen LogP contribution is -2.65. The lowest BCUT2D eigenvalue weighted by Gasteiger charge is -2.42. The van der Waals surface area contributed by atoms with Crippen LogP contribution in [0.3, 0.4) is 0 Å². The molecule has 0 aliphatic carbocycles. The van der Waals surface area contributed by atoms with Crippen molar-refractivity contribution in [2.24, 2.45) is 5.92 Å². The molecule has 2 fully saturated rings. The second-order valence-corrected chi connectivity index (χ2v) is 7.91. The van der Waals surface area contributed by atoms with Crippen LogP contribution in [0.5, 0.6) is 0 Å². The fourth-order valence-corrected chi connectivity index (χ4v) is 3.97. The smallest absolute Gasteiger partial charge is 0.244 e. The second-order valence-electron chi connectivity index (χ2n) is 7.91. The van der Waals surface area contributed by atoms with E-state index in [2.05, 4.69) is 46.8 Å². The molecule has 2 aromatic rings. The highest BCUT2D eigenvalue weighted by atomic mass is 16.2. The number of piperazine rings is 2. The monoisotopic (exact) mass is 369 g/mol. The average Bonchev–Trinajstić information content (AvgIpc) is 3.00. The van der Waals surface area contributed by atoms with Crippen molar-refractivity contribution in [1.29, 1.82) is 0 Å². The number of nitrogens with one attached hydrogen (secondary N) is 1. The summed E-state index contributed by atoms with van der Waals surface area (Å²) in [5.74, 6) is 1.63.